The molecule has 4 heteroatoms. The van der Waals surface area contributed by atoms with Gasteiger partial charge in [0, 0.05) is 6.54 Å². The zero-order valence-electron chi connectivity index (χ0n) is 11.9. The maximum absolute atomic E-state index is 11.6. The molecule has 0 aliphatic heterocycles. The lowest BCUT2D eigenvalue weighted by molar-refractivity contribution is 0.0527. The quantitative estimate of drug-likeness (QED) is 0.908. The lowest BCUT2D eigenvalue weighted by Gasteiger charge is -2.20. The molecule has 0 saturated heterocycles. The van der Waals surface area contributed by atoms with Crippen LogP contribution >= 0.6 is 0 Å². The molecule has 0 fully saturated rings. The van der Waals surface area contributed by atoms with Crippen LogP contribution in [0.3, 0.4) is 0 Å². The Bertz CT molecular complexity index is 484. The second-order valence-electron chi connectivity index (χ2n) is 5.42. The molecule has 19 heavy (non-hydrogen) atoms. The van der Waals surface area contributed by atoms with E-state index in [4.69, 9.17) is 4.74 Å². The maximum atomic E-state index is 11.6. The number of carbonyl (C=O) groups excluding carboxylic acids is 1. The van der Waals surface area contributed by atoms with Crippen molar-refractivity contribution in [2.24, 2.45) is 0 Å². The van der Waals surface area contributed by atoms with Gasteiger partial charge in [0.15, 0.2) is 0 Å². The Morgan fingerprint density at radius 2 is 2.05 bits per heavy atom. The van der Waals surface area contributed by atoms with Gasteiger partial charge in [-0.3, -0.25) is 0 Å². The highest BCUT2D eigenvalue weighted by Gasteiger charge is 2.18. The van der Waals surface area contributed by atoms with Gasteiger partial charge in [-0.1, -0.05) is 24.3 Å². The van der Waals surface area contributed by atoms with Gasteiger partial charge in [-0.2, -0.15) is 5.26 Å². The number of nitrogens with one attached hydrogen (secondary N) is 1. The lowest BCUT2D eigenvalue weighted by Crippen LogP contribution is -2.34. The molecule has 1 amide bonds. The van der Waals surface area contributed by atoms with Gasteiger partial charge in [0.2, 0.25) is 0 Å². The van der Waals surface area contributed by atoms with Gasteiger partial charge in [0.05, 0.1) is 12.0 Å². The van der Waals surface area contributed by atoms with E-state index >= 15 is 0 Å². The Morgan fingerprint density at radius 3 is 2.58 bits per heavy atom. The summed E-state index contributed by atoms with van der Waals surface area (Å²) in [5, 5.41) is 11.8. The van der Waals surface area contributed by atoms with Crippen molar-refractivity contribution in [1.29, 1.82) is 5.26 Å². The van der Waals surface area contributed by atoms with Gasteiger partial charge in [-0.15, -0.1) is 0 Å². The fraction of sp³-hybridized carbons (Fsp3) is 0.467. The molecule has 1 aromatic carbocycles. The van der Waals surface area contributed by atoms with Gasteiger partial charge in [-0.05, 0) is 38.8 Å². The Morgan fingerprint density at radius 1 is 1.42 bits per heavy atom. The third-order valence-corrected chi connectivity index (χ3v) is 2.57. The molecule has 1 aromatic rings. The van der Waals surface area contributed by atoms with Crippen LogP contribution in [0.4, 0.5) is 4.79 Å². The summed E-state index contributed by atoms with van der Waals surface area (Å²) < 4.78 is 5.14. The summed E-state index contributed by atoms with van der Waals surface area (Å²) in [7, 11) is 0. The Kier molecular flexibility index (Phi) is 4.94. The van der Waals surface area contributed by atoms with Crippen LogP contribution in [0.25, 0.3) is 0 Å². The van der Waals surface area contributed by atoms with Crippen molar-refractivity contribution >= 4 is 6.09 Å². The topological polar surface area (TPSA) is 62.1 Å². The van der Waals surface area contributed by atoms with Crippen LogP contribution in [0.1, 0.15) is 37.8 Å². The normalized spacial score (nSPS) is 12.4. The highest BCUT2D eigenvalue weighted by atomic mass is 16.6. The molecule has 0 bridgehead atoms. The molecule has 1 rings (SSSR count). The Hall–Kier alpha value is -2.02. The van der Waals surface area contributed by atoms with Crippen molar-refractivity contribution in [2.75, 3.05) is 6.54 Å². The minimum absolute atomic E-state index is 0.246. The largest absolute Gasteiger partial charge is 0.444 e. The number of amides is 1. The second kappa shape index (κ2) is 6.24. The smallest absolute Gasteiger partial charge is 0.407 e. The fourth-order valence-electron chi connectivity index (χ4n) is 1.70. The molecule has 102 valence electrons. The molecule has 0 spiro atoms. The first-order chi connectivity index (χ1) is 8.83. The molecule has 1 N–H and O–H groups in total. The summed E-state index contributed by atoms with van der Waals surface area (Å²) in [6.45, 7) is 7.60. The summed E-state index contributed by atoms with van der Waals surface area (Å²) >= 11 is 0. The van der Waals surface area contributed by atoms with E-state index in [-0.39, 0.29) is 12.5 Å². The van der Waals surface area contributed by atoms with Crippen LogP contribution in [0, 0.1) is 18.3 Å². The Balaban J connectivity index is 2.63. The number of alkyl carbamates (subject to hydrolysis) is 1. The van der Waals surface area contributed by atoms with E-state index in [1.807, 2.05) is 31.2 Å². The average Bonchev–Trinajstić information content (AvgIpc) is 2.29. The van der Waals surface area contributed by atoms with Crippen LogP contribution in [-0.4, -0.2) is 18.2 Å². The van der Waals surface area contributed by atoms with Gasteiger partial charge < -0.3 is 10.1 Å². The fourth-order valence-corrected chi connectivity index (χ4v) is 1.70. The standard InChI is InChI=1S/C15H20N2O2/c1-11-7-5-6-8-13(11)12(9-16)10-17-14(18)19-15(2,3)4/h5-8,12H,10H2,1-4H3,(H,17,18). The summed E-state index contributed by atoms with van der Waals surface area (Å²) in [4.78, 5) is 11.6. The predicted molar refractivity (Wildman–Crippen MR) is 73.8 cm³/mol. The van der Waals surface area contributed by atoms with E-state index in [1.165, 1.54) is 0 Å². The van der Waals surface area contributed by atoms with E-state index in [0.29, 0.717) is 0 Å². The first kappa shape index (κ1) is 15.0. The monoisotopic (exact) mass is 260 g/mol. The number of rotatable bonds is 3. The SMILES string of the molecule is Cc1ccccc1C(C#N)CNC(=O)OC(C)(C)C. The summed E-state index contributed by atoms with van der Waals surface area (Å²) in [5.74, 6) is -0.367. The van der Waals surface area contributed by atoms with Crippen molar-refractivity contribution in [2.45, 2.75) is 39.2 Å². The van der Waals surface area contributed by atoms with Crippen molar-refractivity contribution in [1.82, 2.24) is 5.32 Å². The van der Waals surface area contributed by atoms with Gasteiger partial charge in [0.1, 0.15) is 5.60 Å². The maximum Gasteiger partial charge on any atom is 0.407 e. The van der Waals surface area contributed by atoms with Crippen LogP contribution < -0.4 is 5.32 Å². The zero-order chi connectivity index (χ0) is 14.5. The number of ether oxygens (including phenoxy) is 1. The molecule has 0 aliphatic carbocycles. The third kappa shape index (κ3) is 5.01. The first-order valence-corrected chi connectivity index (χ1v) is 6.25. The van der Waals surface area contributed by atoms with Crippen LogP contribution in [0.5, 0.6) is 0 Å². The molecule has 0 aromatic heterocycles. The van der Waals surface area contributed by atoms with Gasteiger partial charge in [-0.25, -0.2) is 4.79 Å². The van der Waals surface area contributed by atoms with E-state index < -0.39 is 11.7 Å². The molecule has 4 nitrogen and oxygen atoms in total. The van der Waals surface area contributed by atoms with Crippen molar-refractivity contribution < 1.29 is 9.53 Å². The van der Waals surface area contributed by atoms with Crippen molar-refractivity contribution in [3.05, 3.63) is 35.4 Å². The molecule has 0 aliphatic rings. The number of hydrogen-bond acceptors (Lipinski definition) is 3. The summed E-state index contributed by atoms with van der Waals surface area (Å²) in [6, 6.07) is 9.88. The second-order valence-corrected chi connectivity index (χ2v) is 5.42. The number of aryl methyl sites for hydroxylation is 1. The van der Waals surface area contributed by atoms with E-state index in [9.17, 15) is 10.1 Å². The van der Waals surface area contributed by atoms with Gasteiger partial charge >= 0.3 is 6.09 Å². The average molecular weight is 260 g/mol. The zero-order valence-corrected chi connectivity index (χ0v) is 11.9. The third-order valence-electron chi connectivity index (χ3n) is 2.57. The minimum atomic E-state index is -0.533. The van der Waals surface area contributed by atoms with Crippen LogP contribution in [-0.2, 0) is 4.74 Å². The number of hydrogen-bond donors (Lipinski definition) is 1. The number of nitriles is 1. The van der Waals surface area contributed by atoms with Crippen LogP contribution in [0.15, 0.2) is 24.3 Å². The van der Waals surface area contributed by atoms with Crippen LogP contribution in [0.2, 0.25) is 0 Å². The first-order valence-electron chi connectivity index (χ1n) is 6.25. The number of benzene rings is 1. The molecular formula is C15H20N2O2. The predicted octanol–water partition coefficient (Wildman–Crippen LogP) is 3.13. The Labute approximate surface area is 114 Å². The number of carbonyl (C=O) groups is 1. The molecular weight excluding hydrogens is 240 g/mol. The molecule has 0 saturated carbocycles. The minimum Gasteiger partial charge on any atom is -0.444 e. The molecule has 1 atom stereocenters. The van der Waals surface area contributed by atoms with Crippen molar-refractivity contribution in [3.63, 3.8) is 0 Å². The molecule has 0 heterocycles. The highest BCUT2D eigenvalue weighted by molar-refractivity contribution is 5.67. The van der Waals surface area contributed by atoms with Crippen molar-refractivity contribution in [3.8, 4) is 6.07 Å². The summed E-state index contributed by atoms with van der Waals surface area (Å²) in [5.41, 5.74) is 1.44. The van der Waals surface area contributed by atoms with E-state index in [2.05, 4.69) is 11.4 Å². The highest BCUT2D eigenvalue weighted by Crippen LogP contribution is 2.18. The van der Waals surface area contributed by atoms with Gasteiger partial charge in [0.25, 0.3) is 0 Å². The lowest BCUT2D eigenvalue weighted by atomic mass is 9.96. The molecule has 0 radical (unpaired) electrons. The molecule has 1 unspecified atom stereocenters. The summed E-state index contributed by atoms with van der Waals surface area (Å²) in [6.07, 6.45) is -0.499. The van der Waals surface area contributed by atoms with E-state index in [1.54, 1.807) is 20.8 Å². The number of nitrogens with zero attached hydrogens (tertiary/aromatic N) is 1. The van der Waals surface area contributed by atoms with E-state index in [0.717, 1.165) is 11.1 Å².